The van der Waals surface area contributed by atoms with E-state index in [2.05, 4.69) is 4.98 Å². The maximum absolute atomic E-state index is 13.8. The van der Waals surface area contributed by atoms with Gasteiger partial charge in [0.2, 0.25) is 0 Å². The lowest BCUT2D eigenvalue weighted by molar-refractivity contribution is 0.0689. The molecule has 7 heteroatoms. The molecule has 1 atom stereocenters. The second kappa shape index (κ2) is 6.55. The van der Waals surface area contributed by atoms with Crippen LogP contribution in [0.1, 0.15) is 36.7 Å². The molecule has 1 unspecified atom stereocenters. The van der Waals surface area contributed by atoms with E-state index in [0.29, 0.717) is 29.6 Å². The molecule has 0 aliphatic carbocycles. The number of aromatic nitrogens is 1. The maximum Gasteiger partial charge on any atom is 0.270 e. The molecule has 24 heavy (non-hydrogen) atoms. The van der Waals surface area contributed by atoms with Crippen LogP contribution in [-0.4, -0.2) is 48.3 Å². The van der Waals surface area contributed by atoms with Gasteiger partial charge in [-0.05, 0) is 31.0 Å². The number of sulfone groups is 1. The second-order valence-corrected chi connectivity index (χ2v) is 8.52. The van der Waals surface area contributed by atoms with Gasteiger partial charge in [0, 0.05) is 23.5 Å². The number of amides is 1. The van der Waals surface area contributed by atoms with Crippen molar-refractivity contribution in [2.45, 2.75) is 32.2 Å². The number of carbonyl (C=O) groups excluding carboxylic acids is 1. The summed E-state index contributed by atoms with van der Waals surface area (Å²) >= 11 is 0. The highest BCUT2D eigenvalue weighted by atomic mass is 32.2. The van der Waals surface area contributed by atoms with Crippen molar-refractivity contribution >= 4 is 26.6 Å². The minimum absolute atomic E-state index is 0.0110. The Kier molecular flexibility index (Phi) is 4.62. The topological polar surface area (TPSA) is 70.2 Å². The first kappa shape index (κ1) is 17.0. The lowest BCUT2D eigenvalue weighted by atomic mass is 10.1. The van der Waals surface area contributed by atoms with Crippen molar-refractivity contribution in [1.29, 1.82) is 0 Å². The molecule has 1 aromatic heterocycles. The van der Waals surface area contributed by atoms with Crippen LogP contribution in [0.25, 0.3) is 10.9 Å². The van der Waals surface area contributed by atoms with Gasteiger partial charge in [0.1, 0.15) is 11.5 Å². The average molecular weight is 352 g/mol. The van der Waals surface area contributed by atoms with E-state index < -0.39 is 9.84 Å². The van der Waals surface area contributed by atoms with Gasteiger partial charge < -0.3 is 9.88 Å². The number of aromatic amines is 1. The zero-order chi connectivity index (χ0) is 17.3. The first-order chi connectivity index (χ1) is 11.4. The standard InChI is InChI=1S/C17H21FN2O3S/c1-2-3-8-20(12-7-9-24(22,23)11-12)17(21)16-10-13-14(18)5-4-6-15(13)19-16/h4-6,10,12,19H,2-3,7-9,11H2,1H3. The molecule has 1 aromatic carbocycles. The van der Waals surface area contributed by atoms with E-state index in [-0.39, 0.29) is 29.3 Å². The van der Waals surface area contributed by atoms with Crippen molar-refractivity contribution in [2.24, 2.45) is 0 Å². The summed E-state index contributed by atoms with van der Waals surface area (Å²) in [6.07, 6.45) is 2.17. The first-order valence-corrected chi connectivity index (χ1v) is 10.0. The predicted octanol–water partition coefficient (Wildman–Crippen LogP) is 2.74. The smallest absolute Gasteiger partial charge is 0.270 e. The van der Waals surface area contributed by atoms with Crippen molar-refractivity contribution in [2.75, 3.05) is 18.1 Å². The number of H-pyrrole nitrogens is 1. The number of halogens is 1. The van der Waals surface area contributed by atoms with Crippen LogP contribution in [0.2, 0.25) is 0 Å². The number of hydrogen-bond donors (Lipinski definition) is 1. The van der Waals surface area contributed by atoms with Gasteiger partial charge in [-0.3, -0.25) is 4.79 Å². The minimum atomic E-state index is -3.08. The molecule has 1 fully saturated rings. The first-order valence-electron chi connectivity index (χ1n) is 8.20. The van der Waals surface area contributed by atoms with E-state index in [1.165, 1.54) is 12.1 Å². The third kappa shape index (κ3) is 3.31. The molecule has 0 bridgehead atoms. The molecular weight excluding hydrogens is 331 g/mol. The van der Waals surface area contributed by atoms with Crippen LogP contribution in [0.5, 0.6) is 0 Å². The highest BCUT2D eigenvalue weighted by molar-refractivity contribution is 7.91. The van der Waals surface area contributed by atoms with E-state index in [1.54, 1.807) is 17.0 Å². The van der Waals surface area contributed by atoms with Crippen LogP contribution in [0, 0.1) is 5.82 Å². The Labute approximate surface area is 140 Å². The Morgan fingerprint density at radius 1 is 1.42 bits per heavy atom. The van der Waals surface area contributed by atoms with Gasteiger partial charge >= 0.3 is 0 Å². The normalized spacial score (nSPS) is 19.7. The number of hydrogen-bond acceptors (Lipinski definition) is 3. The van der Waals surface area contributed by atoms with Gasteiger partial charge in [-0.1, -0.05) is 19.4 Å². The summed E-state index contributed by atoms with van der Waals surface area (Å²) in [7, 11) is -3.08. The van der Waals surface area contributed by atoms with Crippen LogP contribution in [0.4, 0.5) is 4.39 Å². The van der Waals surface area contributed by atoms with Crippen molar-refractivity contribution in [3.8, 4) is 0 Å². The number of nitrogens with one attached hydrogen (secondary N) is 1. The predicted molar refractivity (Wildman–Crippen MR) is 91.3 cm³/mol. The fraction of sp³-hybridized carbons (Fsp3) is 0.471. The van der Waals surface area contributed by atoms with Gasteiger partial charge in [0.05, 0.1) is 11.5 Å². The Bertz CT molecular complexity index is 860. The third-order valence-corrected chi connectivity index (χ3v) is 6.25. The number of benzene rings is 1. The zero-order valence-corrected chi connectivity index (χ0v) is 14.4. The molecule has 0 radical (unpaired) electrons. The average Bonchev–Trinajstić information content (AvgIpc) is 3.12. The third-order valence-electron chi connectivity index (χ3n) is 4.50. The van der Waals surface area contributed by atoms with Crippen LogP contribution < -0.4 is 0 Å². The van der Waals surface area contributed by atoms with E-state index >= 15 is 0 Å². The number of rotatable bonds is 5. The molecule has 1 N–H and O–H groups in total. The van der Waals surface area contributed by atoms with Gasteiger partial charge in [-0.15, -0.1) is 0 Å². The SMILES string of the molecule is CCCCN(C(=O)c1cc2c(F)cccc2[nH]1)C1CCS(=O)(=O)C1. The molecule has 2 aromatic rings. The van der Waals surface area contributed by atoms with Crippen molar-refractivity contribution in [1.82, 2.24) is 9.88 Å². The Hall–Kier alpha value is -1.89. The molecule has 1 aliphatic heterocycles. The molecule has 1 saturated heterocycles. The summed E-state index contributed by atoms with van der Waals surface area (Å²) in [5.41, 5.74) is 0.864. The highest BCUT2D eigenvalue weighted by Crippen LogP contribution is 2.23. The van der Waals surface area contributed by atoms with Gasteiger partial charge in [0.25, 0.3) is 5.91 Å². The van der Waals surface area contributed by atoms with E-state index in [4.69, 9.17) is 0 Å². The molecule has 130 valence electrons. The number of nitrogens with zero attached hydrogens (tertiary/aromatic N) is 1. The maximum atomic E-state index is 13.8. The van der Waals surface area contributed by atoms with E-state index in [0.717, 1.165) is 12.8 Å². The minimum Gasteiger partial charge on any atom is -0.350 e. The second-order valence-electron chi connectivity index (χ2n) is 6.29. The fourth-order valence-corrected chi connectivity index (χ4v) is 4.92. The van der Waals surface area contributed by atoms with Gasteiger partial charge in [0.15, 0.2) is 9.84 Å². The van der Waals surface area contributed by atoms with Crippen molar-refractivity contribution in [3.63, 3.8) is 0 Å². The molecule has 1 aliphatic rings. The Morgan fingerprint density at radius 2 is 2.21 bits per heavy atom. The summed E-state index contributed by atoms with van der Waals surface area (Å²) in [6, 6.07) is 5.86. The van der Waals surface area contributed by atoms with E-state index in [9.17, 15) is 17.6 Å². The molecule has 0 saturated carbocycles. The molecule has 2 heterocycles. The van der Waals surface area contributed by atoms with Crippen molar-refractivity contribution in [3.05, 3.63) is 35.8 Å². The fourth-order valence-electron chi connectivity index (χ4n) is 3.19. The van der Waals surface area contributed by atoms with Gasteiger partial charge in [-0.2, -0.15) is 0 Å². The molecule has 3 rings (SSSR count). The van der Waals surface area contributed by atoms with Crippen molar-refractivity contribution < 1.29 is 17.6 Å². The molecule has 1 amide bonds. The lowest BCUT2D eigenvalue weighted by Crippen LogP contribution is -2.42. The molecule has 0 spiro atoms. The van der Waals surface area contributed by atoms with Crippen LogP contribution >= 0.6 is 0 Å². The highest BCUT2D eigenvalue weighted by Gasteiger charge is 2.35. The summed E-state index contributed by atoms with van der Waals surface area (Å²) in [5, 5.41) is 0.371. The number of unbranched alkanes of at least 4 members (excludes halogenated alkanes) is 1. The quantitative estimate of drug-likeness (QED) is 0.899. The zero-order valence-electron chi connectivity index (χ0n) is 13.6. The number of fused-ring (bicyclic) bond motifs is 1. The van der Waals surface area contributed by atoms with Crippen LogP contribution in [0.15, 0.2) is 24.3 Å². The van der Waals surface area contributed by atoms with Crippen LogP contribution in [-0.2, 0) is 9.84 Å². The Morgan fingerprint density at radius 3 is 2.83 bits per heavy atom. The molecular formula is C17H21FN2O3S. The number of carbonyl (C=O) groups is 1. The van der Waals surface area contributed by atoms with E-state index in [1.807, 2.05) is 6.92 Å². The summed E-state index contributed by atoms with van der Waals surface area (Å²) in [6.45, 7) is 2.53. The van der Waals surface area contributed by atoms with Gasteiger partial charge in [-0.25, -0.2) is 12.8 Å². The summed E-state index contributed by atoms with van der Waals surface area (Å²) < 4.78 is 37.4. The monoisotopic (exact) mass is 352 g/mol. The lowest BCUT2D eigenvalue weighted by Gasteiger charge is -2.27. The molecule has 5 nitrogen and oxygen atoms in total. The Balaban J connectivity index is 1.91. The van der Waals surface area contributed by atoms with Crippen LogP contribution in [0.3, 0.4) is 0 Å². The summed E-state index contributed by atoms with van der Waals surface area (Å²) in [4.78, 5) is 17.5. The summed E-state index contributed by atoms with van der Waals surface area (Å²) in [5.74, 6) is -0.515. The largest absolute Gasteiger partial charge is 0.350 e.